The summed E-state index contributed by atoms with van der Waals surface area (Å²) in [6, 6.07) is 7.69. The van der Waals surface area contributed by atoms with E-state index in [1.807, 2.05) is 36.1 Å². The van der Waals surface area contributed by atoms with Gasteiger partial charge in [-0.2, -0.15) is 0 Å². The lowest BCUT2D eigenvalue weighted by molar-refractivity contribution is 0.0992. The van der Waals surface area contributed by atoms with Gasteiger partial charge in [-0.25, -0.2) is 9.97 Å². The third-order valence-corrected chi connectivity index (χ3v) is 5.58. The molecular weight excluding hydrogens is 376 g/mol. The quantitative estimate of drug-likeness (QED) is 0.479. The maximum atomic E-state index is 12.9. The van der Waals surface area contributed by atoms with Crippen LogP contribution in [0, 0.1) is 0 Å². The van der Waals surface area contributed by atoms with Crippen LogP contribution in [-0.2, 0) is 13.5 Å². The molecule has 1 saturated heterocycles. The van der Waals surface area contributed by atoms with Crippen molar-refractivity contribution in [2.24, 2.45) is 7.05 Å². The number of anilines is 1. The molecule has 0 bridgehead atoms. The lowest BCUT2D eigenvalue weighted by atomic mass is 10.1. The molecule has 0 aliphatic carbocycles. The van der Waals surface area contributed by atoms with Gasteiger partial charge in [0.15, 0.2) is 5.78 Å². The highest BCUT2D eigenvalue weighted by atomic mass is 16.1. The minimum absolute atomic E-state index is 0.0421. The van der Waals surface area contributed by atoms with Crippen molar-refractivity contribution in [3.8, 4) is 11.3 Å². The molecule has 30 heavy (non-hydrogen) atoms. The van der Waals surface area contributed by atoms with Gasteiger partial charge in [0.05, 0.1) is 36.4 Å². The Morgan fingerprint density at radius 1 is 1.03 bits per heavy atom. The lowest BCUT2D eigenvalue weighted by Crippen LogP contribution is -2.19. The first-order chi connectivity index (χ1) is 14.7. The summed E-state index contributed by atoms with van der Waals surface area (Å²) in [6.45, 7) is 2.01. The van der Waals surface area contributed by atoms with Crippen molar-refractivity contribution in [2.75, 3.05) is 18.0 Å². The van der Waals surface area contributed by atoms with Gasteiger partial charge in [-0.1, -0.05) is 0 Å². The molecule has 0 saturated carbocycles. The molecule has 1 fully saturated rings. The molecule has 4 aromatic rings. The highest BCUT2D eigenvalue weighted by Gasteiger charge is 2.16. The Labute approximate surface area is 174 Å². The molecule has 5 heterocycles. The van der Waals surface area contributed by atoms with Crippen LogP contribution in [0.4, 0.5) is 5.82 Å². The standard InChI is InChI=1S/C23H22N6O/c1-28-15-24-14-21(28)18-8-17-9-19(26-13-20(17)27-12-18)11-22(30)16-4-5-25-23(10-16)29-6-2-3-7-29/h4-5,8-10,12-15H,2-3,6-7,11H2,1H3. The molecule has 0 radical (unpaired) electrons. The van der Waals surface area contributed by atoms with Crippen molar-refractivity contribution in [1.82, 2.24) is 24.5 Å². The fraction of sp³-hybridized carbons (Fsp3) is 0.261. The van der Waals surface area contributed by atoms with Gasteiger partial charge in [-0.05, 0) is 37.1 Å². The van der Waals surface area contributed by atoms with E-state index in [-0.39, 0.29) is 12.2 Å². The predicted molar refractivity (Wildman–Crippen MR) is 115 cm³/mol. The van der Waals surface area contributed by atoms with Crippen LogP contribution in [-0.4, -0.2) is 43.4 Å². The zero-order chi connectivity index (χ0) is 20.5. The van der Waals surface area contributed by atoms with Crippen LogP contribution in [0.1, 0.15) is 28.9 Å². The van der Waals surface area contributed by atoms with Crippen molar-refractivity contribution in [2.45, 2.75) is 19.3 Å². The van der Waals surface area contributed by atoms with Crippen LogP contribution < -0.4 is 4.90 Å². The number of imidazole rings is 1. The number of pyridine rings is 3. The molecule has 0 amide bonds. The number of carbonyl (C=O) groups is 1. The molecule has 150 valence electrons. The Morgan fingerprint density at radius 3 is 2.70 bits per heavy atom. The number of aryl methyl sites for hydroxylation is 1. The lowest BCUT2D eigenvalue weighted by Gasteiger charge is -2.16. The first kappa shape index (κ1) is 18.4. The van der Waals surface area contributed by atoms with Crippen LogP contribution >= 0.6 is 0 Å². The monoisotopic (exact) mass is 398 g/mol. The maximum absolute atomic E-state index is 12.9. The molecule has 5 rings (SSSR count). The van der Waals surface area contributed by atoms with Crippen molar-refractivity contribution in [1.29, 1.82) is 0 Å². The van der Waals surface area contributed by atoms with Crippen molar-refractivity contribution in [3.63, 3.8) is 0 Å². The van der Waals surface area contributed by atoms with E-state index < -0.39 is 0 Å². The van der Waals surface area contributed by atoms with Gasteiger partial charge in [-0.3, -0.25) is 14.8 Å². The van der Waals surface area contributed by atoms with E-state index in [1.165, 1.54) is 12.8 Å². The molecule has 1 aliphatic heterocycles. The van der Waals surface area contributed by atoms with E-state index in [9.17, 15) is 4.79 Å². The largest absolute Gasteiger partial charge is 0.357 e. The minimum Gasteiger partial charge on any atom is -0.357 e. The summed E-state index contributed by atoms with van der Waals surface area (Å²) in [5.74, 6) is 0.926. The summed E-state index contributed by atoms with van der Waals surface area (Å²) in [4.78, 5) is 32.7. The predicted octanol–water partition coefficient (Wildman–Crippen LogP) is 3.45. The number of hydrogen-bond donors (Lipinski definition) is 0. The number of ketones is 1. The summed E-state index contributed by atoms with van der Waals surface area (Å²) < 4.78 is 1.95. The fourth-order valence-electron chi connectivity index (χ4n) is 3.93. The third kappa shape index (κ3) is 3.54. The summed E-state index contributed by atoms with van der Waals surface area (Å²) in [5.41, 5.74) is 4.18. The zero-order valence-corrected chi connectivity index (χ0v) is 16.8. The second kappa shape index (κ2) is 7.67. The first-order valence-electron chi connectivity index (χ1n) is 10.1. The number of nitrogens with zero attached hydrogens (tertiary/aromatic N) is 6. The number of hydrogen-bond acceptors (Lipinski definition) is 6. The van der Waals surface area contributed by atoms with Crippen LogP contribution in [0.5, 0.6) is 0 Å². The Bertz CT molecular complexity index is 1230. The number of Topliss-reactive ketones (excluding diaryl/α,β-unsaturated/α-hetero) is 1. The van der Waals surface area contributed by atoms with Gasteiger partial charge in [-0.15, -0.1) is 0 Å². The second-order valence-electron chi connectivity index (χ2n) is 7.68. The number of fused-ring (bicyclic) bond motifs is 1. The molecular formula is C23H22N6O. The van der Waals surface area contributed by atoms with E-state index in [2.05, 4.69) is 30.9 Å². The number of aromatic nitrogens is 5. The summed E-state index contributed by atoms with van der Waals surface area (Å²) >= 11 is 0. The molecule has 7 nitrogen and oxygen atoms in total. The molecule has 0 aromatic carbocycles. The van der Waals surface area contributed by atoms with E-state index in [1.54, 1.807) is 24.8 Å². The van der Waals surface area contributed by atoms with Gasteiger partial charge in [0.2, 0.25) is 0 Å². The molecule has 0 N–H and O–H groups in total. The van der Waals surface area contributed by atoms with Crippen LogP contribution in [0.2, 0.25) is 0 Å². The van der Waals surface area contributed by atoms with E-state index in [0.717, 1.165) is 46.8 Å². The molecule has 4 aromatic heterocycles. The average molecular weight is 398 g/mol. The van der Waals surface area contributed by atoms with Gasteiger partial charge in [0.1, 0.15) is 5.82 Å². The molecule has 0 unspecified atom stereocenters. The second-order valence-corrected chi connectivity index (χ2v) is 7.68. The van der Waals surface area contributed by atoms with Gasteiger partial charge >= 0.3 is 0 Å². The Kier molecular flexibility index (Phi) is 4.71. The first-order valence-corrected chi connectivity index (χ1v) is 10.1. The maximum Gasteiger partial charge on any atom is 0.169 e. The van der Waals surface area contributed by atoms with E-state index in [4.69, 9.17) is 0 Å². The average Bonchev–Trinajstić information content (AvgIpc) is 3.45. The highest BCUT2D eigenvalue weighted by Crippen LogP contribution is 2.23. The molecule has 7 heteroatoms. The van der Waals surface area contributed by atoms with Crippen LogP contribution in [0.15, 0.2) is 55.4 Å². The van der Waals surface area contributed by atoms with E-state index >= 15 is 0 Å². The van der Waals surface area contributed by atoms with Crippen LogP contribution in [0.25, 0.3) is 22.2 Å². The molecule has 1 aliphatic rings. The van der Waals surface area contributed by atoms with E-state index in [0.29, 0.717) is 5.56 Å². The highest BCUT2D eigenvalue weighted by molar-refractivity contribution is 5.98. The Balaban J connectivity index is 1.40. The normalized spacial score (nSPS) is 13.8. The third-order valence-electron chi connectivity index (χ3n) is 5.58. The Morgan fingerprint density at radius 2 is 1.90 bits per heavy atom. The minimum atomic E-state index is 0.0421. The van der Waals surface area contributed by atoms with Crippen molar-refractivity contribution >= 4 is 22.5 Å². The SMILES string of the molecule is Cn1cncc1-c1cnc2cnc(CC(=O)c3ccnc(N4CCCC4)c3)cc2c1. The Hall–Kier alpha value is -3.61. The summed E-state index contributed by atoms with van der Waals surface area (Å²) in [5, 5.41) is 0.957. The fourth-order valence-corrected chi connectivity index (χ4v) is 3.93. The smallest absolute Gasteiger partial charge is 0.169 e. The summed E-state index contributed by atoms with van der Waals surface area (Å²) in [6.07, 6.45) is 11.5. The molecule has 0 atom stereocenters. The topological polar surface area (TPSA) is 76.8 Å². The van der Waals surface area contributed by atoms with Gasteiger partial charge < -0.3 is 9.47 Å². The number of carbonyl (C=O) groups excluding carboxylic acids is 1. The summed E-state index contributed by atoms with van der Waals surface area (Å²) in [7, 11) is 1.95. The molecule has 0 spiro atoms. The van der Waals surface area contributed by atoms with Crippen molar-refractivity contribution < 1.29 is 4.79 Å². The zero-order valence-electron chi connectivity index (χ0n) is 16.8. The van der Waals surface area contributed by atoms with Gasteiger partial charge in [0, 0.05) is 54.7 Å². The van der Waals surface area contributed by atoms with Crippen molar-refractivity contribution in [3.05, 3.63) is 66.6 Å². The van der Waals surface area contributed by atoms with Crippen LogP contribution in [0.3, 0.4) is 0 Å². The van der Waals surface area contributed by atoms with Gasteiger partial charge in [0.25, 0.3) is 0 Å². The number of rotatable bonds is 5.